The van der Waals surface area contributed by atoms with Gasteiger partial charge in [-0.1, -0.05) is 54.1 Å². The molecule has 1 N–H and O–H groups in total. The first-order chi connectivity index (χ1) is 11.5. The van der Waals surface area contributed by atoms with E-state index < -0.39 is 10.0 Å². The average molecular weight is 337 g/mol. The highest BCUT2D eigenvalue weighted by atomic mass is 32.2. The van der Waals surface area contributed by atoms with Crippen molar-refractivity contribution in [3.8, 4) is 11.1 Å². The maximum Gasteiger partial charge on any atom is 0.261 e. The van der Waals surface area contributed by atoms with Crippen LogP contribution in [-0.4, -0.2) is 8.42 Å². The summed E-state index contributed by atoms with van der Waals surface area (Å²) in [7, 11) is -3.57. The van der Waals surface area contributed by atoms with E-state index in [1.54, 1.807) is 36.4 Å². The number of sulfonamides is 1. The molecule has 0 saturated carbocycles. The second-order valence-corrected chi connectivity index (χ2v) is 7.49. The SMILES string of the molecule is Cc1ccc(S(=O)(=O)Nc2ccc(-c3ccccc3C)cc2)cc1. The lowest BCUT2D eigenvalue weighted by Gasteiger charge is -2.10. The monoisotopic (exact) mass is 337 g/mol. The van der Waals surface area contributed by atoms with Gasteiger partial charge in [0, 0.05) is 5.69 Å². The minimum atomic E-state index is -3.57. The van der Waals surface area contributed by atoms with E-state index in [0.717, 1.165) is 16.7 Å². The van der Waals surface area contributed by atoms with Crippen molar-refractivity contribution in [2.24, 2.45) is 0 Å². The maximum absolute atomic E-state index is 12.4. The van der Waals surface area contributed by atoms with Gasteiger partial charge in [0.1, 0.15) is 0 Å². The van der Waals surface area contributed by atoms with Crippen LogP contribution in [0.4, 0.5) is 5.69 Å². The first-order valence-electron chi connectivity index (χ1n) is 7.71. The zero-order valence-electron chi connectivity index (χ0n) is 13.7. The summed E-state index contributed by atoms with van der Waals surface area (Å²) < 4.78 is 27.4. The number of aryl methyl sites for hydroxylation is 2. The Morgan fingerprint density at radius 1 is 0.750 bits per heavy atom. The predicted molar refractivity (Wildman–Crippen MR) is 98.6 cm³/mol. The fraction of sp³-hybridized carbons (Fsp3) is 0.100. The van der Waals surface area contributed by atoms with Gasteiger partial charge in [-0.3, -0.25) is 4.72 Å². The molecule has 0 unspecified atom stereocenters. The van der Waals surface area contributed by atoms with Gasteiger partial charge in [-0.2, -0.15) is 0 Å². The molecule has 4 heteroatoms. The number of rotatable bonds is 4. The molecule has 0 fully saturated rings. The Morgan fingerprint density at radius 2 is 1.38 bits per heavy atom. The van der Waals surface area contributed by atoms with Gasteiger partial charge < -0.3 is 0 Å². The molecule has 0 aromatic heterocycles. The topological polar surface area (TPSA) is 46.2 Å². The molecule has 3 nitrogen and oxygen atoms in total. The third-order valence-electron chi connectivity index (χ3n) is 3.92. The van der Waals surface area contributed by atoms with E-state index >= 15 is 0 Å². The first-order valence-corrected chi connectivity index (χ1v) is 9.19. The highest BCUT2D eigenvalue weighted by Crippen LogP contribution is 2.25. The molecule has 0 aliphatic heterocycles. The minimum Gasteiger partial charge on any atom is -0.280 e. The number of nitrogens with one attached hydrogen (secondary N) is 1. The van der Waals surface area contributed by atoms with E-state index in [2.05, 4.69) is 23.8 Å². The summed E-state index contributed by atoms with van der Waals surface area (Å²) >= 11 is 0. The lowest BCUT2D eigenvalue weighted by atomic mass is 10.0. The number of benzene rings is 3. The molecular formula is C20H19NO2S. The van der Waals surface area contributed by atoms with Crippen molar-refractivity contribution in [2.45, 2.75) is 18.7 Å². The van der Waals surface area contributed by atoms with Crippen molar-refractivity contribution >= 4 is 15.7 Å². The predicted octanol–water partition coefficient (Wildman–Crippen LogP) is 4.77. The summed E-state index contributed by atoms with van der Waals surface area (Å²) in [4.78, 5) is 0.260. The lowest BCUT2D eigenvalue weighted by molar-refractivity contribution is 0.601. The summed E-state index contributed by atoms with van der Waals surface area (Å²) in [6, 6.07) is 22.3. The summed E-state index contributed by atoms with van der Waals surface area (Å²) in [5.74, 6) is 0. The maximum atomic E-state index is 12.4. The molecule has 0 radical (unpaired) electrons. The van der Waals surface area contributed by atoms with E-state index in [4.69, 9.17) is 0 Å². The van der Waals surface area contributed by atoms with Crippen molar-refractivity contribution in [1.29, 1.82) is 0 Å². The zero-order valence-corrected chi connectivity index (χ0v) is 14.5. The van der Waals surface area contributed by atoms with Crippen LogP contribution in [0.2, 0.25) is 0 Å². The largest absolute Gasteiger partial charge is 0.280 e. The Kier molecular flexibility index (Phi) is 4.40. The zero-order chi connectivity index (χ0) is 17.2. The minimum absolute atomic E-state index is 0.260. The molecule has 0 amide bonds. The van der Waals surface area contributed by atoms with Gasteiger partial charge in [0.25, 0.3) is 10.0 Å². The fourth-order valence-corrected chi connectivity index (χ4v) is 3.60. The molecule has 0 atom stereocenters. The lowest BCUT2D eigenvalue weighted by Crippen LogP contribution is -2.12. The molecular weight excluding hydrogens is 318 g/mol. The third kappa shape index (κ3) is 3.49. The van der Waals surface area contributed by atoms with Crippen molar-refractivity contribution in [3.63, 3.8) is 0 Å². The van der Waals surface area contributed by atoms with Crippen molar-refractivity contribution in [1.82, 2.24) is 0 Å². The second kappa shape index (κ2) is 6.49. The highest BCUT2D eigenvalue weighted by molar-refractivity contribution is 7.92. The van der Waals surface area contributed by atoms with E-state index in [-0.39, 0.29) is 4.90 Å². The van der Waals surface area contributed by atoms with E-state index in [1.165, 1.54) is 5.56 Å². The molecule has 0 heterocycles. The van der Waals surface area contributed by atoms with Gasteiger partial charge >= 0.3 is 0 Å². The second-order valence-electron chi connectivity index (χ2n) is 5.81. The molecule has 122 valence electrons. The Balaban J connectivity index is 1.84. The van der Waals surface area contributed by atoms with Crippen LogP contribution in [0.5, 0.6) is 0 Å². The van der Waals surface area contributed by atoms with Crippen molar-refractivity contribution < 1.29 is 8.42 Å². The molecule has 0 bridgehead atoms. The summed E-state index contributed by atoms with van der Waals surface area (Å²) in [6.45, 7) is 3.98. The number of hydrogen-bond acceptors (Lipinski definition) is 2. The van der Waals surface area contributed by atoms with Gasteiger partial charge in [0.05, 0.1) is 4.90 Å². The average Bonchev–Trinajstić information content (AvgIpc) is 2.56. The molecule has 3 aromatic carbocycles. The van der Waals surface area contributed by atoms with E-state index in [1.807, 2.05) is 31.2 Å². The van der Waals surface area contributed by atoms with Crippen LogP contribution < -0.4 is 4.72 Å². The van der Waals surface area contributed by atoms with E-state index in [9.17, 15) is 8.42 Å². The molecule has 0 spiro atoms. The fourth-order valence-electron chi connectivity index (χ4n) is 2.55. The Labute approximate surface area is 143 Å². The first kappa shape index (κ1) is 16.3. The Morgan fingerprint density at radius 3 is 2.00 bits per heavy atom. The smallest absolute Gasteiger partial charge is 0.261 e. The Hall–Kier alpha value is -2.59. The number of hydrogen-bond donors (Lipinski definition) is 1. The highest BCUT2D eigenvalue weighted by Gasteiger charge is 2.13. The van der Waals surface area contributed by atoms with Crippen molar-refractivity contribution in [3.05, 3.63) is 83.9 Å². The van der Waals surface area contributed by atoms with Crippen LogP contribution in [0.1, 0.15) is 11.1 Å². The molecule has 3 aromatic rings. The molecule has 0 aliphatic rings. The number of anilines is 1. The summed E-state index contributed by atoms with van der Waals surface area (Å²) in [6.07, 6.45) is 0. The normalized spacial score (nSPS) is 11.2. The standard InChI is InChI=1S/C20H19NO2S/c1-15-7-13-19(14-8-15)24(22,23)21-18-11-9-17(10-12-18)20-6-4-3-5-16(20)2/h3-14,21H,1-2H3. The van der Waals surface area contributed by atoms with Crippen LogP contribution in [0.3, 0.4) is 0 Å². The van der Waals surface area contributed by atoms with Crippen molar-refractivity contribution in [2.75, 3.05) is 4.72 Å². The van der Waals surface area contributed by atoms with Gasteiger partial charge in [0.2, 0.25) is 0 Å². The molecule has 0 saturated heterocycles. The van der Waals surface area contributed by atoms with Crippen LogP contribution in [-0.2, 0) is 10.0 Å². The van der Waals surface area contributed by atoms with Gasteiger partial charge in [-0.25, -0.2) is 8.42 Å². The molecule has 24 heavy (non-hydrogen) atoms. The Bertz CT molecular complexity index is 944. The van der Waals surface area contributed by atoms with Crippen LogP contribution >= 0.6 is 0 Å². The van der Waals surface area contributed by atoms with Gasteiger partial charge in [0.15, 0.2) is 0 Å². The summed E-state index contributed by atoms with van der Waals surface area (Å²) in [5, 5.41) is 0. The quantitative estimate of drug-likeness (QED) is 0.745. The third-order valence-corrected chi connectivity index (χ3v) is 5.32. The molecule has 3 rings (SSSR count). The van der Waals surface area contributed by atoms with Gasteiger partial charge in [-0.15, -0.1) is 0 Å². The van der Waals surface area contributed by atoms with E-state index in [0.29, 0.717) is 5.69 Å². The molecule has 0 aliphatic carbocycles. The summed E-state index contributed by atoms with van der Waals surface area (Å²) in [5.41, 5.74) is 4.96. The van der Waals surface area contributed by atoms with Crippen LogP contribution in [0.25, 0.3) is 11.1 Å². The van der Waals surface area contributed by atoms with Gasteiger partial charge in [-0.05, 0) is 54.8 Å². The van der Waals surface area contributed by atoms with Crippen LogP contribution in [0.15, 0.2) is 77.7 Å². The van der Waals surface area contributed by atoms with Crippen LogP contribution in [0, 0.1) is 13.8 Å².